The summed E-state index contributed by atoms with van der Waals surface area (Å²) < 4.78 is 0. The molecule has 1 amide bonds. The lowest BCUT2D eigenvalue weighted by molar-refractivity contribution is 0.0677. The van der Waals surface area contributed by atoms with E-state index in [1.807, 2.05) is 0 Å². The second kappa shape index (κ2) is 4.94. The molecule has 1 atom stereocenters. The lowest BCUT2D eigenvalue weighted by Gasteiger charge is -2.23. The number of aliphatic hydroxyl groups excluding tert-OH is 1. The number of aromatic hydroxyl groups is 1. The Balaban J connectivity index is 2.21. The third-order valence-electron chi connectivity index (χ3n) is 3.04. The summed E-state index contributed by atoms with van der Waals surface area (Å²) >= 11 is 5.76. The molecule has 17 heavy (non-hydrogen) atoms. The van der Waals surface area contributed by atoms with Gasteiger partial charge in [-0.1, -0.05) is 11.6 Å². The standard InChI is InChI=1S/C12H14ClNO3/c13-10-6-8(3-4-11(10)16)12(17)14-5-1-2-9(14)7-15/h3-4,6,9,15-16H,1-2,5,7H2/t9-/m0/s1. The number of nitrogens with zero attached hydrogens (tertiary/aromatic N) is 1. The number of carbonyl (C=O) groups excluding carboxylic acids is 1. The van der Waals surface area contributed by atoms with Crippen LogP contribution in [0.2, 0.25) is 5.02 Å². The number of halogens is 1. The maximum absolute atomic E-state index is 12.2. The molecule has 0 aliphatic carbocycles. The van der Waals surface area contributed by atoms with Crippen molar-refractivity contribution in [3.63, 3.8) is 0 Å². The Labute approximate surface area is 104 Å². The third kappa shape index (κ3) is 2.37. The van der Waals surface area contributed by atoms with Crippen LogP contribution in [-0.2, 0) is 0 Å². The minimum absolute atomic E-state index is 0.0163. The number of likely N-dealkylation sites (tertiary alicyclic amines) is 1. The van der Waals surface area contributed by atoms with Gasteiger partial charge in [0.15, 0.2) is 0 Å². The van der Waals surface area contributed by atoms with E-state index in [9.17, 15) is 15.0 Å². The topological polar surface area (TPSA) is 60.8 Å². The summed E-state index contributed by atoms with van der Waals surface area (Å²) in [5, 5.41) is 18.6. The van der Waals surface area contributed by atoms with Crippen LogP contribution in [0.3, 0.4) is 0 Å². The number of rotatable bonds is 2. The predicted molar refractivity (Wildman–Crippen MR) is 64.3 cm³/mol. The van der Waals surface area contributed by atoms with Crippen LogP contribution in [0.25, 0.3) is 0 Å². The third-order valence-corrected chi connectivity index (χ3v) is 3.35. The zero-order valence-electron chi connectivity index (χ0n) is 9.27. The van der Waals surface area contributed by atoms with Crippen molar-refractivity contribution in [1.82, 2.24) is 4.90 Å². The van der Waals surface area contributed by atoms with Crippen molar-refractivity contribution in [1.29, 1.82) is 0 Å². The highest BCUT2D eigenvalue weighted by Crippen LogP contribution is 2.26. The Morgan fingerprint density at radius 1 is 1.53 bits per heavy atom. The molecular formula is C12H14ClNO3. The minimum atomic E-state index is -0.150. The first-order valence-corrected chi connectivity index (χ1v) is 5.91. The van der Waals surface area contributed by atoms with Crippen LogP contribution in [-0.4, -0.2) is 40.2 Å². The van der Waals surface area contributed by atoms with Crippen LogP contribution in [0.1, 0.15) is 23.2 Å². The number of aliphatic hydroxyl groups is 1. The predicted octanol–water partition coefficient (Wildman–Crippen LogP) is 1.64. The number of hydrogen-bond donors (Lipinski definition) is 2. The monoisotopic (exact) mass is 255 g/mol. The molecule has 0 aromatic heterocycles. The minimum Gasteiger partial charge on any atom is -0.506 e. The van der Waals surface area contributed by atoms with Crippen molar-refractivity contribution in [3.05, 3.63) is 28.8 Å². The number of benzene rings is 1. The van der Waals surface area contributed by atoms with Gasteiger partial charge in [0.25, 0.3) is 5.91 Å². The fourth-order valence-electron chi connectivity index (χ4n) is 2.10. The van der Waals surface area contributed by atoms with Crippen LogP contribution in [0.15, 0.2) is 18.2 Å². The average molecular weight is 256 g/mol. The molecule has 0 unspecified atom stereocenters. The fourth-order valence-corrected chi connectivity index (χ4v) is 2.28. The summed E-state index contributed by atoms with van der Waals surface area (Å²) in [4.78, 5) is 13.8. The van der Waals surface area contributed by atoms with Gasteiger partial charge in [-0.05, 0) is 31.0 Å². The highest BCUT2D eigenvalue weighted by molar-refractivity contribution is 6.32. The Morgan fingerprint density at radius 2 is 2.29 bits per heavy atom. The van der Waals surface area contributed by atoms with Gasteiger partial charge in [0, 0.05) is 12.1 Å². The normalized spacial score (nSPS) is 19.6. The summed E-state index contributed by atoms with van der Waals surface area (Å²) in [7, 11) is 0. The van der Waals surface area contributed by atoms with Gasteiger partial charge in [-0.15, -0.1) is 0 Å². The summed E-state index contributed by atoms with van der Waals surface area (Å²) in [6.45, 7) is 0.639. The summed E-state index contributed by atoms with van der Waals surface area (Å²) in [5.41, 5.74) is 0.438. The molecule has 0 radical (unpaired) electrons. The Kier molecular flexibility index (Phi) is 3.54. The molecule has 4 nitrogen and oxygen atoms in total. The zero-order valence-corrected chi connectivity index (χ0v) is 10.0. The number of phenolic OH excluding ortho intramolecular Hbond substituents is 1. The molecular weight excluding hydrogens is 242 g/mol. The second-order valence-corrected chi connectivity index (χ2v) is 4.55. The first-order chi connectivity index (χ1) is 8.13. The maximum Gasteiger partial charge on any atom is 0.254 e. The first kappa shape index (κ1) is 12.2. The molecule has 5 heteroatoms. The van der Waals surface area contributed by atoms with Crippen LogP contribution in [0, 0.1) is 0 Å². The van der Waals surface area contributed by atoms with Gasteiger partial charge in [0.05, 0.1) is 17.7 Å². The smallest absolute Gasteiger partial charge is 0.254 e. The van der Waals surface area contributed by atoms with Crippen LogP contribution >= 0.6 is 11.6 Å². The van der Waals surface area contributed by atoms with E-state index in [-0.39, 0.29) is 29.3 Å². The molecule has 1 saturated heterocycles. The van der Waals surface area contributed by atoms with Gasteiger partial charge < -0.3 is 15.1 Å². The maximum atomic E-state index is 12.2. The number of carbonyl (C=O) groups is 1. The molecule has 1 fully saturated rings. The molecule has 0 saturated carbocycles. The Morgan fingerprint density at radius 3 is 2.94 bits per heavy atom. The van der Waals surface area contributed by atoms with Crippen LogP contribution in [0.5, 0.6) is 5.75 Å². The SMILES string of the molecule is O=C(c1ccc(O)c(Cl)c1)N1CCC[C@H]1CO. The fraction of sp³-hybridized carbons (Fsp3) is 0.417. The van der Waals surface area contributed by atoms with E-state index >= 15 is 0 Å². The molecule has 2 rings (SSSR count). The lowest BCUT2D eigenvalue weighted by Crippen LogP contribution is -2.37. The second-order valence-electron chi connectivity index (χ2n) is 4.14. The number of hydrogen-bond acceptors (Lipinski definition) is 3. The molecule has 1 aromatic rings. The number of phenols is 1. The van der Waals surface area contributed by atoms with Crippen molar-refractivity contribution in [3.8, 4) is 5.75 Å². The van der Waals surface area contributed by atoms with Gasteiger partial charge in [-0.25, -0.2) is 0 Å². The van der Waals surface area contributed by atoms with Gasteiger partial charge in [-0.3, -0.25) is 4.79 Å². The van der Waals surface area contributed by atoms with E-state index in [2.05, 4.69) is 0 Å². The summed E-state index contributed by atoms with van der Waals surface area (Å²) in [5.74, 6) is -0.188. The van der Waals surface area contributed by atoms with Gasteiger partial charge in [0.1, 0.15) is 5.75 Å². The van der Waals surface area contributed by atoms with Crippen molar-refractivity contribution in [2.75, 3.05) is 13.2 Å². The van der Waals surface area contributed by atoms with Gasteiger partial charge in [-0.2, -0.15) is 0 Å². The van der Waals surface area contributed by atoms with E-state index in [0.717, 1.165) is 12.8 Å². The molecule has 1 aliphatic heterocycles. The van der Waals surface area contributed by atoms with E-state index in [4.69, 9.17) is 11.6 Å². The van der Waals surface area contributed by atoms with Crippen molar-refractivity contribution >= 4 is 17.5 Å². The largest absolute Gasteiger partial charge is 0.506 e. The van der Waals surface area contributed by atoms with Crippen molar-refractivity contribution in [2.45, 2.75) is 18.9 Å². The molecule has 0 bridgehead atoms. The molecule has 1 aromatic carbocycles. The Hall–Kier alpha value is -1.26. The molecule has 1 heterocycles. The van der Waals surface area contributed by atoms with Crippen LogP contribution in [0.4, 0.5) is 0 Å². The average Bonchev–Trinajstić information content (AvgIpc) is 2.80. The highest BCUT2D eigenvalue weighted by Gasteiger charge is 2.28. The zero-order chi connectivity index (χ0) is 12.4. The van der Waals surface area contributed by atoms with Crippen molar-refractivity contribution < 1.29 is 15.0 Å². The first-order valence-electron chi connectivity index (χ1n) is 5.54. The molecule has 1 aliphatic rings. The van der Waals surface area contributed by atoms with E-state index < -0.39 is 0 Å². The molecule has 2 N–H and O–H groups in total. The Bertz CT molecular complexity index is 436. The van der Waals surface area contributed by atoms with Crippen LogP contribution < -0.4 is 0 Å². The molecule has 92 valence electrons. The highest BCUT2D eigenvalue weighted by atomic mass is 35.5. The van der Waals surface area contributed by atoms with Gasteiger partial charge in [0.2, 0.25) is 0 Å². The lowest BCUT2D eigenvalue weighted by atomic mass is 10.1. The molecule has 0 spiro atoms. The summed E-state index contributed by atoms with van der Waals surface area (Å²) in [6.07, 6.45) is 1.73. The van der Waals surface area contributed by atoms with E-state index in [1.54, 1.807) is 4.90 Å². The summed E-state index contributed by atoms with van der Waals surface area (Å²) in [6, 6.07) is 4.29. The van der Waals surface area contributed by atoms with Gasteiger partial charge >= 0.3 is 0 Å². The van der Waals surface area contributed by atoms with E-state index in [1.165, 1.54) is 18.2 Å². The van der Waals surface area contributed by atoms with E-state index in [0.29, 0.717) is 12.1 Å². The van der Waals surface area contributed by atoms with Crippen molar-refractivity contribution in [2.24, 2.45) is 0 Å². The number of amides is 1. The quantitative estimate of drug-likeness (QED) is 0.845.